The first-order valence-electron chi connectivity index (χ1n) is 11.0. The molecule has 0 saturated carbocycles. The number of esters is 1. The van der Waals surface area contributed by atoms with Gasteiger partial charge in [0.2, 0.25) is 0 Å². The van der Waals surface area contributed by atoms with E-state index >= 15 is 0 Å². The van der Waals surface area contributed by atoms with Crippen LogP contribution in [0, 0.1) is 19.7 Å². The van der Waals surface area contributed by atoms with Crippen molar-refractivity contribution in [3.63, 3.8) is 0 Å². The smallest absolute Gasteiger partial charge is 0.350 e. The van der Waals surface area contributed by atoms with Gasteiger partial charge in [0.25, 0.3) is 5.78 Å². The van der Waals surface area contributed by atoms with Crippen molar-refractivity contribution in [3.05, 3.63) is 81.1 Å². The number of amides is 1. The first-order valence-corrected chi connectivity index (χ1v) is 11.9. The SMILES string of the molecule is CCOc1ccc(/C(O)=C2/C(=O)C(=O)N(c3nc(C)c(C(=O)OC)s3)C2c2ccc(F)cc2)cc1C. The van der Waals surface area contributed by atoms with E-state index in [9.17, 15) is 23.9 Å². The second-order valence-corrected chi connectivity index (χ2v) is 9.01. The summed E-state index contributed by atoms with van der Waals surface area (Å²) in [4.78, 5) is 44.3. The molecule has 1 N–H and O–H groups in total. The monoisotopic (exact) mass is 510 g/mol. The molecule has 1 unspecified atom stereocenters. The van der Waals surface area contributed by atoms with Crippen molar-refractivity contribution in [3.8, 4) is 5.75 Å². The molecule has 2 heterocycles. The fourth-order valence-electron chi connectivity index (χ4n) is 4.03. The molecule has 2 aromatic carbocycles. The van der Waals surface area contributed by atoms with Crippen LogP contribution in [-0.2, 0) is 14.3 Å². The van der Waals surface area contributed by atoms with E-state index in [0.717, 1.165) is 21.8 Å². The Morgan fingerprint density at radius 1 is 1.17 bits per heavy atom. The van der Waals surface area contributed by atoms with Crippen LogP contribution < -0.4 is 9.64 Å². The molecule has 0 aliphatic carbocycles. The normalized spacial score (nSPS) is 16.9. The number of aliphatic hydroxyl groups is 1. The van der Waals surface area contributed by atoms with Crippen LogP contribution in [-0.4, -0.2) is 41.5 Å². The lowest BCUT2D eigenvalue weighted by atomic mass is 9.95. The van der Waals surface area contributed by atoms with Crippen LogP contribution in [0.25, 0.3) is 5.76 Å². The Morgan fingerprint density at radius 2 is 1.86 bits per heavy atom. The Balaban J connectivity index is 1.91. The van der Waals surface area contributed by atoms with Gasteiger partial charge in [-0.15, -0.1) is 0 Å². The molecule has 186 valence electrons. The number of Topliss-reactive ketones (excluding diaryl/α,β-unsaturated/α-hetero) is 1. The third-order valence-corrected chi connectivity index (χ3v) is 6.88. The lowest BCUT2D eigenvalue weighted by molar-refractivity contribution is -0.132. The largest absolute Gasteiger partial charge is 0.507 e. The Morgan fingerprint density at radius 3 is 2.47 bits per heavy atom. The minimum Gasteiger partial charge on any atom is -0.507 e. The quantitative estimate of drug-likeness (QED) is 0.222. The van der Waals surface area contributed by atoms with Crippen LogP contribution in [0.2, 0.25) is 0 Å². The van der Waals surface area contributed by atoms with E-state index in [1.54, 1.807) is 32.0 Å². The summed E-state index contributed by atoms with van der Waals surface area (Å²) in [5.74, 6) is -2.76. The van der Waals surface area contributed by atoms with Crippen molar-refractivity contribution in [2.45, 2.75) is 26.8 Å². The lowest BCUT2D eigenvalue weighted by Gasteiger charge is -2.23. The number of thiazole rings is 1. The summed E-state index contributed by atoms with van der Waals surface area (Å²) in [6.07, 6.45) is 0. The van der Waals surface area contributed by atoms with Crippen LogP contribution in [0.15, 0.2) is 48.0 Å². The number of carbonyl (C=O) groups excluding carboxylic acids is 3. The predicted molar refractivity (Wildman–Crippen MR) is 132 cm³/mol. The van der Waals surface area contributed by atoms with Gasteiger partial charge in [0.05, 0.1) is 31.0 Å². The van der Waals surface area contributed by atoms with E-state index in [1.165, 1.54) is 31.4 Å². The maximum atomic E-state index is 13.7. The highest BCUT2D eigenvalue weighted by atomic mass is 32.1. The van der Waals surface area contributed by atoms with Gasteiger partial charge in [-0.1, -0.05) is 23.5 Å². The van der Waals surface area contributed by atoms with Crippen molar-refractivity contribution >= 4 is 39.9 Å². The summed E-state index contributed by atoms with van der Waals surface area (Å²) in [7, 11) is 1.23. The fraction of sp³-hybridized carbons (Fsp3) is 0.231. The summed E-state index contributed by atoms with van der Waals surface area (Å²) in [6, 6.07) is 9.06. The van der Waals surface area contributed by atoms with E-state index in [2.05, 4.69) is 4.98 Å². The zero-order chi connectivity index (χ0) is 26.1. The molecule has 3 aromatic rings. The second-order valence-electron chi connectivity index (χ2n) is 8.04. The minimum atomic E-state index is -1.10. The van der Waals surface area contributed by atoms with E-state index in [0.29, 0.717) is 29.2 Å². The first kappa shape index (κ1) is 25.1. The van der Waals surface area contributed by atoms with Crippen LogP contribution in [0.5, 0.6) is 5.75 Å². The summed E-state index contributed by atoms with van der Waals surface area (Å²) in [6.45, 7) is 5.69. The number of halogens is 1. The third kappa shape index (κ3) is 4.35. The van der Waals surface area contributed by atoms with Gasteiger partial charge >= 0.3 is 11.9 Å². The lowest BCUT2D eigenvalue weighted by Crippen LogP contribution is -2.29. The van der Waals surface area contributed by atoms with Gasteiger partial charge in [-0.3, -0.25) is 14.5 Å². The average Bonchev–Trinajstić information content (AvgIpc) is 3.36. The van der Waals surface area contributed by atoms with Crippen LogP contribution in [0.1, 0.15) is 45.0 Å². The van der Waals surface area contributed by atoms with Gasteiger partial charge in [-0.25, -0.2) is 14.2 Å². The number of benzene rings is 2. The fourth-order valence-corrected chi connectivity index (χ4v) is 5.04. The van der Waals surface area contributed by atoms with Crippen molar-refractivity contribution in [1.82, 2.24) is 4.98 Å². The molecule has 1 atom stereocenters. The number of ketones is 1. The number of carbonyl (C=O) groups is 3. The second kappa shape index (κ2) is 9.90. The maximum Gasteiger partial charge on any atom is 0.350 e. The Bertz CT molecular complexity index is 1400. The van der Waals surface area contributed by atoms with Gasteiger partial charge in [-0.05, 0) is 62.2 Å². The highest BCUT2D eigenvalue weighted by Crippen LogP contribution is 2.44. The zero-order valence-electron chi connectivity index (χ0n) is 20.0. The van der Waals surface area contributed by atoms with E-state index in [1.807, 2.05) is 6.92 Å². The number of anilines is 1. The van der Waals surface area contributed by atoms with E-state index in [-0.39, 0.29) is 15.6 Å². The highest BCUT2D eigenvalue weighted by Gasteiger charge is 2.48. The number of aryl methyl sites for hydroxylation is 2. The number of hydrogen-bond donors (Lipinski definition) is 1. The highest BCUT2D eigenvalue weighted by molar-refractivity contribution is 7.17. The van der Waals surface area contributed by atoms with Gasteiger partial charge in [-0.2, -0.15) is 0 Å². The molecule has 8 nitrogen and oxygen atoms in total. The maximum absolute atomic E-state index is 13.7. The molecule has 10 heteroatoms. The molecule has 36 heavy (non-hydrogen) atoms. The number of aromatic nitrogens is 1. The van der Waals surface area contributed by atoms with Gasteiger partial charge < -0.3 is 14.6 Å². The number of methoxy groups -OCH3 is 1. The molecule has 0 radical (unpaired) electrons. The number of ether oxygens (including phenoxy) is 2. The van der Waals surface area contributed by atoms with Gasteiger partial charge in [0.1, 0.15) is 22.2 Å². The molecule has 1 amide bonds. The minimum absolute atomic E-state index is 0.0752. The Hall–Kier alpha value is -4.05. The molecule has 1 aliphatic heterocycles. The number of aliphatic hydroxyl groups excluding tert-OH is 1. The van der Waals surface area contributed by atoms with Crippen LogP contribution >= 0.6 is 11.3 Å². The summed E-state index contributed by atoms with van der Waals surface area (Å²) >= 11 is 0.889. The van der Waals surface area contributed by atoms with Crippen molar-refractivity contribution < 1.29 is 33.4 Å². The van der Waals surface area contributed by atoms with Crippen molar-refractivity contribution in [2.24, 2.45) is 0 Å². The molecular weight excluding hydrogens is 487 g/mol. The molecule has 1 saturated heterocycles. The van der Waals surface area contributed by atoms with E-state index in [4.69, 9.17) is 9.47 Å². The number of rotatable bonds is 6. The summed E-state index contributed by atoms with van der Waals surface area (Å²) in [5, 5.41) is 11.3. The number of nitrogens with zero attached hydrogens (tertiary/aromatic N) is 2. The van der Waals surface area contributed by atoms with Crippen molar-refractivity contribution in [2.75, 3.05) is 18.6 Å². The molecule has 0 bridgehead atoms. The third-order valence-electron chi connectivity index (χ3n) is 5.74. The Labute approximate surface area is 210 Å². The molecule has 1 aromatic heterocycles. The molecule has 0 spiro atoms. The number of hydrogen-bond acceptors (Lipinski definition) is 8. The first-order chi connectivity index (χ1) is 17.2. The van der Waals surface area contributed by atoms with Crippen LogP contribution in [0.4, 0.5) is 9.52 Å². The van der Waals surface area contributed by atoms with Gasteiger partial charge in [0.15, 0.2) is 5.13 Å². The molecule has 1 aliphatic rings. The zero-order valence-corrected chi connectivity index (χ0v) is 20.8. The van der Waals surface area contributed by atoms with Gasteiger partial charge in [0, 0.05) is 5.56 Å². The summed E-state index contributed by atoms with van der Waals surface area (Å²) in [5.41, 5.74) is 1.57. The molecule has 1 fully saturated rings. The topological polar surface area (TPSA) is 106 Å². The Kier molecular flexibility index (Phi) is 6.89. The molecule has 4 rings (SSSR count). The van der Waals surface area contributed by atoms with Crippen molar-refractivity contribution in [1.29, 1.82) is 0 Å². The van der Waals surface area contributed by atoms with E-state index < -0.39 is 35.3 Å². The average molecular weight is 511 g/mol. The standard InChI is InChI=1S/C26H23FN2O6S/c1-5-35-18-11-8-16(12-13(18)2)21(30)19-20(15-6-9-17(27)10-7-15)29(24(32)22(19)31)26-28-14(3)23(36-26)25(33)34-4/h6-12,20,30H,5H2,1-4H3/b21-19-. The molecular formula is C26H23FN2O6S. The van der Waals surface area contributed by atoms with Crippen LogP contribution in [0.3, 0.4) is 0 Å². The predicted octanol–water partition coefficient (Wildman–Crippen LogP) is 4.71. The summed E-state index contributed by atoms with van der Waals surface area (Å²) < 4.78 is 24.0.